The maximum Gasteiger partial charge on any atom is 0.408 e. The molecule has 1 heterocycles. The highest BCUT2D eigenvalue weighted by Gasteiger charge is 2.23. The van der Waals surface area contributed by atoms with Crippen molar-refractivity contribution in [1.82, 2.24) is 9.78 Å². The molecule has 1 aromatic heterocycles. The first-order valence-electron chi connectivity index (χ1n) is 6.11. The van der Waals surface area contributed by atoms with E-state index in [1.807, 2.05) is 0 Å². The van der Waals surface area contributed by atoms with Crippen LogP contribution in [0.25, 0.3) is 0 Å². The minimum atomic E-state index is -0.623. The predicted molar refractivity (Wildman–Crippen MR) is 66.5 cm³/mol. The molecule has 0 aliphatic heterocycles. The van der Waals surface area contributed by atoms with Gasteiger partial charge in [0.1, 0.15) is 0 Å². The van der Waals surface area contributed by atoms with E-state index in [9.17, 15) is 15.2 Å². The summed E-state index contributed by atoms with van der Waals surface area (Å²) in [5, 5.41) is 24.3. The van der Waals surface area contributed by atoms with Crippen molar-refractivity contribution in [2.24, 2.45) is 5.92 Å². The molecule has 0 saturated heterocycles. The van der Waals surface area contributed by atoms with E-state index in [0.29, 0.717) is 5.92 Å². The quantitative estimate of drug-likeness (QED) is 0.660. The van der Waals surface area contributed by atoms with E-state index in [1.54, 1.807) is 0 Å². The number of nitrogens with zero attached hydrogens (tertiary/aromatic N) is 3. The van der Waals surface area contributed by atoms with Crippen LogP contribution in [0, 0.1) is 16.0 Å². The highest BCUT2D eigenvalue weighted by Crippen LogP contribution is 2.29. The number of aliphatic hydroxyl groups excluding tert-OH is 1. The van der Waals surface area contributed by atoms with Gasteiger partial charge < -0.3 is 15.2 Å². The lowest BCUT2D eigenvalue weighted by atomic mass is 10.0. The lowest BCUT2D eigenvalue weighted by molar-refractivity contribution is -0.389. The number of rotatable bonds is 5. The van der Waals surface area contributed by atoms with Crippen molar-refractivity contribution in [2.45, 2.75) is 44.8 Å². The Morgan fingerprint density at radius 3 is 2.83 bits per heavy atom. The Hall–Kier alpha value is -1.14. The molecular formula is C11H16ClN3O3. The first-order chi connectivity index (χ1) is 8.56. The van der Waals surface area contributed by atoms with Crippen LogP contribution in [0.15, 0.2) is 6.20 Å². The van der Waals surface area contributed by atoms with E-state index < -0.39 is 11.0 Å². The van der Waals surface area contributed by atoms with E-state index in [-0.39, 0.29) is 17.4 Å². The lowest BCUT2D eigenvalue weighted by Crippen LogP contribution is -2.19. The van der Waals surface area contributed by atoms with Crippen LogP contribution in [0.2, 0.25) is 5.02 Å². The SMILES string of the molecule is O=[N+]([O-])c1nn(CC(O)CC2CCCC2)cc1Cl. The third-order valence-corrected chi connectivity index (χ3v) is 3.62. The monoisotopic (exact) mass is 273 g/mol. The van der Waals surface area contributed by atoms with Crippen molar-refractivity contribution in [1.29, 1.82) is 0 Å². The average Bonchev–Trinajstić information content (AvgIpc) is 2.88. The van der Waals surface area contributed by atoms with Crippen molar-refractivity contribution >= 4 is 17.4 Å². The third-order valence-electron chi connectivity index (χ3n) is 3.35. The van der Waals surface area contributed by atoms with Gasteiger partial charge in [-0.2, -0.15) is 4.68 Å². The van der Waals surface area contributed by atoms with Crippen LogP contribution in [0.1, 0.15) is 32.1 Å². The van der Waals surface area contributed by atoms with Gasteiger partial charge in [-0.05, 0) is 17.3 Å². The predicted octanol–water partition coefficient (Wildman–Crippen LogP) is 2.39. The minimum absolute atomic E-state index is 0.00747. The molecule has 1 saturated carbocycles. The fourth-order valence-corrected chi connectivity index (χ4v) is 2.74. The van der Waals surface area contributed by atoms with Gasteiger partial charge in [-0.3, -0.25) is 0 Å². The third kappa shape index (κ3) is 3.20. The topological polar surface area (TPSA) is 81.2 Å². The van der Waals surface area contributed by atoms with E-state index in [4.69, 9.17) is 11.6 Å². The maximum absolute atomic E-state index is 10.6. The average molecular weight is 274 g/mol. The Labute approximate surface area is 110 Å². The van der Waals surface area contributed by atoms with Crippen LogP contribution >= 0.6 is 11.6 Å². The van der Waals surface area contributed by atoms with Crippen molar-refractivity contribution in [3.05, 3.63) is 21.3 Å². The molecule has 0 amide bonds. The van der Waals surface area contributed by atoms with E-state index in [0.717, 1.165) is 19.3 Å². The summed E-state index contributed by atoms with van der Waals surface area (Å²) in [5.74, 6) is 0.214. The van der Waals surface area contributed by atoms with Crippen LogP contribution in [0.3, 0.4) is 0 Å². The molecule has 18 heavy (non-hydrogen) atoms. The summed E-state index contributed by atoms with van der Waals surface area (Å²) >= 11 is 5.69. The number of aromatic nitrogens is 2. The van der Waals surface area contributed by atoms with Gasteiger partial charge in [-0.1, -0.05) is 37.3 Å². The van der Waals surface area contributed by atoms with E-state index >= 15 is 0 Å². The van der Waals surface area contributed by atoms with Crippen molar-refractivity contribution < 1.29 is 10.0 Å². The second kappa shape index (κ2) is 5.67. The van der Waals surface area contributed by atoms with Gasteiger partial charge in [0, 0.05) is 0 Å². The Balaban J connectivity index is 1.91. The minimum Gasteiger partial charge on any atom is -0.391 e. The molecule has 0 bridgehead atoms. The summed E-state index contributed by atoms with van der Waals surface area (Å²) in [5.41, 5.74) is 0. The molecule has 2 rings (SSSR count). The number of hydrogen-bond donors (Lipinski definition) is 1. The van der Waals surface area contributed by atoms with Gasteiger partial charge in [0.15, 0.2) is 5.02 Å². The summed E-state index contributed by atoms with van der Waals surface area (Å²) in [4.78, 5) is 9.96. The molecule has 1 aliphatic carbocycles. The molecule has 6 nitrogen and oxygen atoms in total. The Bertz CT molecular complexity index is 429. The highest BCUT2D eigenvalue weighted by atomic mass is 35.5. The van der Waals surface area contributed by atoms with Crippen molar-refractivity contribution in [2.75, 3.05) is 0 Å². The van der Waals surface area contributed by atoms with Gasteiger partial charge in [-0.25, -0.2) is 0 Å². The molecule has 1 aromatic rings. The number of nitro groups is 1. The Kier molecular flexibility index (Phi) is 4.19. The lowest BCUT2D eigenvalue weighted by Gasteiger charge is -2.13. The number of halogens is 1. The molecule has 0 aromatic carbocycles. The number of aliphatic hydroxyl groups is 1. The van der Waals surface area contributed by atoms with Gasteiger partial charge >= 0.3 is 5.82 Å². The Morgan fingerprint density at radius 1 is 1.61 bits per heavy atom. The fourth-order valence-electron chi connectivity index (χ4n) is 2.53. The van der Waals surface area contributed by atoms with Crippen LogP contribution in [0.5, 0.6) is 0 Å². The zero-order chi connectivity index (χ0) is 13.1. The first-order valence-corrected chi connectivity index (χ1v) is 6.49. The molecular weight excluding hydrogens is 258 g/mol. The van der Waals surface area contributed by atoms with Crippen LogP contribution in [-0.2, 0) is 6.54 Å². The summed E-state index contributed by atoms with van der Waals surface area (Å²) in [7, 11) is 0. The second-order valence-corrected chi connectivity index (χ2v) is 5.23. The summed E-state index contributed by atoms with van der Waals surface area (Å²) in [6.45, 7) is 0.254. The standard InChI is InChI=1S/C11H16ClN3O3/c12-10-7-14(13-11(10)15(17)18)6-9(16)5-8-3-1-2-4-8/h7-9,16H,1-6H2. The van der Waals surface area contributed by atoms with Crippen LogP contribution < -0.4 is 0 Å². The zero-order valence-electron chi connectivity index (χ0n) is 9.96. The first kappa shape index (κ1) is 13.3. The smallest absolute Gasteiger partial charge is 0.391 e. The van der Waals surface area contributed by atoms with Crippen LogP contribution in [-0.4, -0.2) is 25.9 Å². The Morgan fingerprint density at radius 2 is 2.28 bits per heavy atom. The summed E-state index contributed by atoms with van der Waals surface area (Å²) < 4.78 is 1.35. The maximum atomic E-state index is 10.6. The molecule has 100 valence electrons. The zero-order valence-corrected chi connectivity index (χ0v) is 10.7. The summed E-state index contributed by atoms with van der Waals surface area (Å²) in [6.07, 6.45) is 6.38. The molecule has 1 N–H and O–H groups in total. The molecule has 1 fully saturated rings. The normalized spacial score (nSPS) is 18.1. The van der Waals surface area contributed by atoms with Crippen LogP contribution in [0.4, 0.5) is 5.82 Å². The molecule has 1 atom stereocenters. The molecule has 1 unspecified atom stereocenters. The van der Waals surface area contributed by atoms with E-state index in [2.05, 4.69) is 5.10 Å². The fraction of sp³-hybridized carbons (Fsp3) is 0.727. The van der Waals surface area contributed by atoms with Crippen molar-refractivity contribution in [3.8, 4) is 0 Å². The second-order valence-electron chi connectivity index (χ2n) is 4.82. The van der Waals surface area contributed by atoms with E-state index in [1.165, 1.54) is 23.7 Å². The van der Waals surface area contributed by atoms with Gasteiger partial charge in [-0.15, -0.1) is 0 Å². The highest BCUT2D eigenvalue weighted by molar-refractivity contribution is 6.32. The van der Waals surface area contributed by atoms with Gasteiger partial charge in [0.05, 0.1) is 23.9 Å². The number of hydrogen-bond acceptors (Lipinski definition) is 4. The molecule has 0 spiro atoms. The molecule has 1 aliphatic rings. The molecule has 7 heteroatoms. The largest absolute Gasteiger partial charge is 0.408 e. The molecule has 0 radical (unpaired) electrons. The van der Waals surface area contributed by atoms with Crippen molar-refractivity contribution in [3.63, 3.8) is 0 Å². The van der Waals surface area contributed by atoms with Gasteiger partial charge in [0.2, 0.25) is 0 Å². The van der Waals surface area contributed by atoms with Gasteiger partial charge in [0.25, 0.3) is 0 Å². The summed E-state index contributed by atoms with van der Waals surface area (Å²) in [6, 6.07) is 0.